The molecule has 1 amide bonds. The zero-order chi connectivity index (χ0) is 10.7. The maximum absolute atomic E-state index is 11.3. The molecule has 0 spiro atoms. The van der Waals surface area contributed by atoms with Gasteiger partial charge in [0, 0.05) is 19.5 Å². The summed E-state index contributed by atoms with van der Waals surface area (Å²) in [5, 5.41) is 0. The van der Waals surface area contributed by atoms with E-state index in [0.29, 0.717) is 6.42 Å². The zero-order valence-corrected chi connectivity index (χ0v) is 13.2. The van der Waals surface area contributed by atoms with Crippen molar-refractivity contribution >= 4 is 19.5 Å². The fourth-order valence-corrected chi connectivity index (χ4v) is 1.01. The fourth-order valence-electron chi connectivity index (χ4n) is 1.01. The van der Waals surface area contributed by atoms with Gasteiger partial charge in [-0.1, -0.05) is 6.42 Å². The second-order valence-corrected chi connectivity index (χ2v) is 2.52. The SMILES string of the molecule is [CH2-]CCCC(=O)N(CC)CC.[Zn+][Br]. The number of rotatable bonds is 5. The van der Waals surface area contributed by atoms with Crippen molar-refractivity contribution in [3.05, 3.63) is 6.92 Å². The van der Waals surface area contributed by atoms with Gasteiger partial charge in [-0.15, -0.1) is 0 Å². The molecule has 0 saturated carbocycles. The van der Waals surface area contributed by atoms with Crippen LogP contribution in [0.15, 0.2) is 0 Å². The number of hydrogen-bond donors (Lipinski definition) is 0. The summed E-state index contributed by atoms with van der Waals surface area (Å²) in [6, 6.07) is 0. The van der Waals surface area contributed by atoms with E-state index in [0.717, 1.165) is 25.9 Å². The van der Waals surface area contributed by atoms with Crippen molar-refractivity contribution in [1.29, 1.82) is 0 Å². The summed E-state index contributed by atoms with van der Waals surface area (Å²) in [6.07, 6.45) is 2.42. The quantitative estimate of drug-likeness (QED) is 0.565. The molecule has 0 aromatic heterocycles. The summed E-state index contributed by atoms with van der Waals surface area (Å²) in [5.74, 6) is 0.263. The van der Waals surface area contributed by atoms with Gasteiger partial charge in [0.05, 0.1) is 0 Å². The number of carbonyl (C=O) groups is 1. The van der Waals surface area contributed by atoms with E-state index in [1.807, 2.05) is 18.7 Å². The number of hydrogen-bond acceptors (Lipinski definition) is 1. The molecule has 74 valence electrons. The minimum atomic E-state index is 0.263. The molecule has 0 atom stereocenters. The minimum absolute atomic E-state index is 0.263. The molecule has 0 aliphatic heterocycles. The average Bonchev–Trinajstić information content (AvgIpc) is 2.19. The monoisotopic (exact) mass is 299 g/mol. The molecule has 2 nitrogen and oxygen atoms in total. The van der Waals surface area contributed by atoms with E-state index in [1.54, 1.807) is 0 Å². The Kier molecular flexibility index (Phi) is 15.5. The van der Waals surface area contributed by atoms with Crippen LogP contribution in [0.25, 0.3) is 0 Å². The third-order valence-corrected chi connectivity index (χ3v) is 1.76. The predicted octanol–water partition coefficient (Wildman–Crippen LogP) is 2.70. The fraction of sp³-hybridized carbons (Fsp3) is 0.778. The molecule has 0 saturated heterocycles. The van der Waals surface area contributed by atoms with Crippen LogP contribution in [0.2, 0.25) is 0 Å². The summed E-state index contributed by atoms with van der Waals surface area (Å²) in [4.78, 5) is 13.1. The molecule has 13 heavy (non-hydrogen) atoms. The van der Waals surface area contributed by atoms with Gasteiger partial charge in [0.15, 0.2) is 0 Å². The number of carbonyl (C=O) groups excluding carboxylic acids is 1. The first-order chi connectivity index (χ1) is 6.26. The predicted molar refractivity (Wildman–Crippen MR) is 56.1 cm³/mol. The summed E-state index contributed by atoms with van der Waals surface area (Å²) in [7, 11) is 0. The normalized spacial score (nSPS) is 8.77. The van der Waals surface area contributed by atoms with Crippen LogP contribution in [0.3, 0.4) is 0 Å². The number of unbranched alkanes of at least 4 members (excludes halogenated alkanes) is 1. The Morgan fingerprint density at radius 2 is 1.85 bits per heavy atom. The molecule has 0 aromatic carbocycles. The summed E-state index contributed by atoms with van der Waals surface area (Å²) in [5.41, 5.74) is 0. The van der Waals surface area contributed by atoms with Gasteiger partial charge in [-0.05, 0) is 13.8 Å². The summed E-state index contributed by atoms with van der Waals surface area (Å²) in [6.45, 7) is 9.36. The molecule has 0 heterocycles. The Bertz CT molecular complexity index is 118. The Morgan fingerprint density at radius 1 is 1.38 bits per heavy atom. The van der Waals surface area contributed by atoms with Gasteiger partial charge in [0.1, 0.15) is 0 Å². The van der Waals surface area contributed by atoms with Crippen molar-refractivity contribution in [3.8, 4) is 0 Å². The Hall–Kier alpha value is 0.573. The van der Waals surface area contributed by atoms with E-state index in [2.05, 4.69) is 20.5 Å². The molecule has 0 unspecified atom stereocenters. The van der Waals surface area contributed by atoms with Gasteiger partial charge in [0.25, 0.3) is 0 Å². The number of amides is 1. The van der Waals surface area contributed by atoms with Crippen molar-refractivity contribution < 1.29 is 21.1 Å². The van der Waals surface area contributed by atoms with Crippen LogP contribution >= 0.6 is 13.6 Å². The van der Waals surface area contributed by atoms with Crippen LogP contribution in [-0.2, 0) is 21.1 Å². The third-order valence-electron chi connectivity index (χ3n) is 1.76. The van der Waals surface area contributed by atoms with Crippen LogP contribution in [0.4, 0.5) is 0 Å². The molecule has 4 heteroatoms. The van der Waals surface area contributed by atoms with Gasteiger partial charge in [0.2, 0.25) is 5.91 Å². The summed E-state index contributed by atoms with van der Waals surface area (Å²) < 4.78 is 0. The number of halogens is 1. The van der Waals surface area contributed by atoms with Crippen molar-refractivity contribution in [2.24, 2.45) is 0 Å². The molecule has 0 radical (unpaired) electrons. The number of nitrogens with zero attached hydrogens (tertiary/aromatic N) is 1. The molecule has 0 fully saturated rings. The Labute approximate surface area is 98.5 Å². The van der Waals surface area contributed by atoms with E-state index in [1.165, 1.54) is 16.3 Å². The first-order valence-electron chi connectivity index (χ1n) is 4.60. The first-order valence-corrected chi connectivity index (χ1v) is 11.5. The van der Waals surface area contributed by atoms with E-state index >= 15 is 0 Å². The second kappa shape index (κ2) is 12.6. The third kappa shape index (κ3) is 8.89. The average molecular weight is 302 g/mol. The molecular weight excluding hydrogens is 283 g/mol. The van der Waals surface area contributed by atoms with Gasteiger partial charge in [-0.2, -0.15) is 6.42 Å². The molecule has 0 bridgehead atoms. The van der Waals surface area contributed by atoms with Gasteiger partial charge in [-0.3, -0.25) is 4.79 Å². The Morgan fingerprint density at radius 3 is 2.15 bits per heavy atom. The molecule has 0 N–H and O–H groups in total. The molecule has 0 aromatic rings. The Balaban J connectivity index is 0. The van der Waals surface area contributed by atoms with E-state index in [-0.39, 0.29) is 5.91 Å². The summed E-state index contributed by atoms with van der Waals surface area (Å²) >= 11 is 4.25. The van der Waals surface area contributed by atoms with Crippen LogP contribution in [0.1, 0.15) is 33.1 Å². The molecule has 0 aliphatic carbocycles. The molecule has 0 rings (SSSR count). The van der Waals surface area contributed by atoms with Gasteiger partial charge in [-0.25, -0.2) is 0 Å². The zero-order valence-electron chi connectivity index (χ0n) is 8.68. The molecule has 0 aliphatic rings. The van der Waals surface area contributed by atoms with Crippen LogP contribution < -0.4 is 0 Å². The van der Waals surface area contributed by atoms with E-state index < -0.39 is 0 Å². The van der Waals surface area contributed by atoms with Crippen LogP contribution in [0, 0.1) is 6.92 Å². The van der Waals surface area contributed by atoms with E-state index in [9.17, 15) is 4.79 Å². The first kappa shape index (κ1) is 16.0. The van der Waals surface area contributed by atoms with Crippen molar-refractivity contribution in [1.82, 2.24) is 4.90 Å². The molecular formula is C9H18BrNOZn. The standard InChI is InChI=1S/C9H18NO.BrH.Zn/c1-4-7-8-9(11)10(5-2)6-3;;/h1,4-8H2,2-3H3;1H;/q-1;;+2/p-1. The van der Waals surface area contributed by atoms with Crippen LogP contribution in [0.5, 0.6) is 0 Å². The van der Waals surface area contributed by atoms with Gasteiger partial charge >= 0.3 is 30.0 Å². The maximum atomic E-state index is 11.3. The van der Waals surface area contributed by atoms with Crippen LogP contribution in [-0.4, -0.2) is 23.9 Å². The van der Waals surface area contributed by atoms with Crippen molar-refractivity contribution in [2.45, 2.75) is 33.1 Å². The van der Waals surface area contributed by atoms with E-state index in [4.69, 9.17) is 0 Å². The van der Waals surface area contributed by atoms with Crippen molar-refractivity contribution in [3.63, 3.8) is 0 Å². The topological polar surface area (TPSA) is 20.3 Å². The van der Waals surface area contributed by atoms with Crippen molar-refractivity contribution in [2.75, 3.05) is 13.1 Å². The second-order valence-electron chi connectivity index (χ2n) is 2.52. The van der Waals surface area contributed by atoms with Gasteiger partial charge < -0.3 is 11.8 Å².